The van der Waals surface area contributed by atoms with Crippen molar-refractivity contribution in [1.29, 1.82) is 0 Å². The summed E-state index contributed by atoms with van der Waals surface area (Å²) in [7, 11) is 1.10. The van der Waals surface area contributed by atoms with Gasteiger partial charge in [0.2, 0.25) is 0 Å². The lowest BCUT2D eigenvalue weighted by Crippen LogP contribution is -2.53. The monoisotopic (exact) mass is 486 g/mol. The van der Waals surface area contributed by atoms with E-state index in [1.165, 1.54) is 14.2 Å². The minimum absolute atomic E-state index is 0.0875. The molecule has 1 amide bonds. The first kappa shape index (κ1) is 24.0. The third kappa shape index (κ3) is 6.11. The van der Waals surface area contributed by atoms with Gasteiger partial charge in [0, 0.05) is 11.6 Å². The van der Waals surface area contributed by atoms with E-state index in [9.17, 15) is 18.0 Å². The maximum absolute atomic E-state index is 12.7. The molecular formula is C17H21Cl3N2O6S. The fourth-order valence-corrected chi connectivity index (χ4v) is 5.26. The number of hydrogen-bond acceptors (Lipinski definition) is 7. The minimum Gasteiger partial charge on any atom is -0.493 e. The molecule has 1 saturated heterocycles. The number of nitrogens with one attached hydrogen (secondary N) is 1. The van der Waals surface area contributed by atoms with Gasteiger partial charge >= 0.3 is 0 Å². The van der Waals surface area contributed by atoms with Gasteiger partial charge in [-0.3, -0.25) is 14.5 Å². The molecule has 1 aromatic carbocycles. The van der Waals surface area contributed by atoms with Gasteiger partial charge in [0.05, 0.1) is 38.3 Å². The lowest BCUT2D eigenvalue weighted by Gasteiger charge is -2.29. The summed E-state index contributed by atoms with van der Waals surface area (Å²) in [5, 5.41) is 2.45. The number of sulfone groups is 1. The summed E-state index contributed by atoms with van der Waals surface area (Å²) in [4.78, 5) is 26.2. The number of alkyl halides is 3. The van der Waals surface area contributed by atoms with Gasteiger partial charge in [-0.15, -0.1) is 0 Å². The molecule has 0 aromatic heterocycles. The molecule has 1 aliphatic rings. The van der Waals surface area contributed by atoms with Crippen LogP contribution in [0.25, 0.3) is 0 Å². The normalized spacial score (nSPS) is 21.1. The Balaban J connectivity index is 2.15. The van der Waals surface area contributed by atoms with Crippen LogP contribution in [0.5, 0.6) is 11.5 Å². The Labute approximate surface area is 184 Å². The second kappa shape index (κ2) is 9.26. The van der Waals surface area contributed by atoms with Crippen molar-refractivity contribution in [2.24, 2.45) is 0 Å². The number of carbonyl (C=O) groups excluding carboxylic acids is 2. The largest absolute Gasteiger partial charge is 0.493 e. The number of Topliss-reactive ketones (excluding diaryl/α,β-unsaturated/α-hetero) is 1. The van der Waals surface area contributed by atoms with E-state index in [-0.39, 0.29) is 23.8 Å². The van der Waals surface area contributed by atoms with Crippen LogP contribution >= 0.6 is 34.8 Å². The van der Waals surface area contributed by atoms with Gasteiger partial charge in [-0.1, -0.05) is 34.8 Å². The van der Waals surface area contributed by atoms with Crippen molar-refractivity contribution in [2.45, 2.75) is 15.9 Å². The smallest absolute Gasteiger partial charge is 0.272 e. The van der Waals surface area contributed by atoms with E-state index in [1.807, 2.05) is 0 Å². The molecule has 2 atom stereocenters. The molecule has 0 radical (unpaired) electrons. The zero-order chi connectivity index (χ0) is 22.0. The van der Waals surface area contributed by atoms with Gasteiger partial charge in [0.1, 0.15) is 0 Å². The molecule has 0 spiro atoms. The van der Waals surface area contributed by atoms with Crippen molar-refractivity contribution in [3.63, 3.8) is 0 Å². The summed E-state index contributed by atoms with van der Waals surface area (Å²) in [6.07, 6.45) is 0. The Morgan fingerprint density at radius 1 is 1.17 bits per heavy atom. The van der Waals surface area contributed by atoms with E-state index in [0.29, 0.717) is 17.1 Å². The first-order valence-corrected chi connectivity index (χ1v) is 11.4. The van der Waals surface area contributed by atoms with Gasteiger partial charge in [-0.25, -0.2) is 8.42 Å². The van der Waals surface area contributed by atoms with Gasteiger partial charge in [0.25, 0.3) is 9.70 Å². The van der Waals surface area contributed by atoms with Crippen molar-refractivity contribution in [1.82, 2.24) is 10.2 Å². The number of hydrogen-bond donors (Lipinski definition) is 1. The average Bonchev–Trinajstić information content (AvgIpc) is 2.94. The average molecular weight is 488 g/mol. The molecule has 0 saturated carbocycles. The lowest BCUT2D eigenvalue weighted by atomic mass is 10.1. The highest BCUT2D eigenvalue weighted by molar-refractivity contribution is 7.91. The number of halogens is 3. The van der Waals surface area contributed by atoms with E-state index in [4.69, 9.17) is 44.3 Å². The molecule has 0 aliphatic carbocycles. The molecule has 1 heterocycles. The van der Waals surface area contributed by atoms with Crippen LogP contribution in [0.3, 0.4) is 0 Å². The Kier molecular flexibility index (Phi) is 7.67. The highest BCUT2D eigenvalue weighted by Crippen LogP contribution is 2.29. The Bertz CT molecular complexity index is 888. The van der Waals surface area contributed by atoms with Crippen LogP contribution < -0.4 is 14.8 Å². The van der Waals surface area contributed by atoms with Crippen LogP contribution in [0.2, 0.25) is 0 Å². The molecule has 2 rings (SSSR count). The van der Waals surface area contributed by atoms with Gasteiger partial charge in [-0.2, -0.15) is 0 Å². The maximum atomic E-state index is 12.7. The summed E-state index contributed by atoms with van der Waals surface area (Å²) in [5.41, 5.74) is 0.372. The number of methoxy groups -OCH3 is 2. The van der Waals surface area contributed by atoms with Crippen LogP contribution in [-0.2, 0) is 14.6 Å². The van der Waals surface area contributed by atoms with E-state index >= 15 is 0 Å². The molecule has 1 N–H and O–H groups in total. The highest BCUT2D eigenvalue weighted by atomic mass is 35.6. The summed E-state index contributed by atoms with van der Waals surface area (Å²) in [5.74, 6) is -0.837. The van der Waals surface area contributed by atoms with E-state index in [2.05, 4.69) is 5.32 Å². The number of ether oxygens (including phenoxy) is 2. The van der Waals surface area contributed by atoms with Gasteiger partial charge in [-0.05, 0) is 25.2 Å². The van der Waals surface area contributed by atoms with Crippen LogP contribution in [0, 0.1) is 0 Å². The van der Waals surface area contributed by atoms with Crippen LogP contribution in [0.1, 0.15) is 10.4 Å². The van der Waals surface area contributed by atoms with Crippen molar-refractivity contribution in [3.05, 3.63) is 23.8 Å². The first-order valence-electron chi connectivity index (χ1n) is 8.41. The molecule has 1 fully saturated rings. The zero-order valence-corrected chi connectivity index (χ0v) is 19.0. The summed E-state index contributed by atoms with van der Waals surface area (Å²) in [6.45, 7) is -0.0875. The molecule has 1 aliphatic heterocycles. The van der Waals surface area contributed by atoms with Crippen molar-refractivity contribution in [2.75, 3.05) is 39.3 Å². The van der Waals surface area contributed by atoms with Crippen LogP contribution in [-0.4, -0.2) is 80.2 Å². The van der Waals surface area contributed by atoms with E-state index < -0.39 is 31.6 Å². The van der Waals surface area contributed by atoms with Crippen molar-refractivity contribution >= 4 is 56.3 Å². The number of likely N-dealkylation sites (N-methyl/N-ethyl adjacent to an activating group) is 1. The lowest BCUT2D eigenvalue weighted by molar-refractivity contribution is -0.121. The summed E-state index contributed by atoms with van der Waals surface area (Å²) < 4.78 is 32.3. The van der Waals surface area contributed by atoms with Crippen molar-refractivity contribution in [3.8, 4) is 11.5 Å². The molecule has 29 heavy (non-hydrogen) atoms. The maximum Gasteiger partial charge on any atom is 0.272 e. The zero-order valence-electron chi connectivity index (χ0n) is 15.9. The third-order valence-corrected chi connectivity index (χ3v) is 6.79. The Morgan fingerprint density at radius 3 is 2.34 bits per heavy atom. The van der Waals surface area contributed by atoms with Crippen LogP contribution in [0.4, 0.5) is 0 Å². The van der Waals surface area contributed by atoms with E-state index in [1.54, 1.807) is 30.1 Å². The number of ketones is 1. The quantitative estimate of drug-likeness (QED) is 0.459. The minimum atomic E-state index is -3.43. The number of rotatable bonds is 7. The highest BCUT2D eigenvalue weighted by Gasteiger charge is 2.43. The second-order valence-corrected chi connectivity index (χ2v) is 11.1. The molecule has 8 nitrogen and oxygen atoms in total. The number of nitrogens with zero attached hydrogens (tertiary/aromatic N) is 1. The number of amides is 1. The molecule has 162 valence electrons. The fraction of sp³-hybridized carbons (Fsp3) is 0.529. The predicted octanol–water partition coefficient (Wildman–Crippen LogP) is 1.47. The summed E-state index contributed by atoms with van der Waals surface area (Å²) >= 11 is 16.7. The van der Waals surface area contributed by atoms with Crippen LogP contribution in [0.15, 0.2) is 18.2 Å². The first-order chi connectivity index (χ1) is 13.4. The Hall–Kier alpha value is -1.26. The number of carbonyl (C=O) groups is 2. The predicted molar refractivity (Wildman–Crippen MR) is 111 cm³/mol. The molecule has 1 aromatic rings. The van der Waals surface area contributed by atoms with Crippen molar-refractivity contribution < 1.29 is 27.5 Å². The third-order valence-electron chi connectivity index (χ3n) is 4.56. The van der Waals surface area contributed by atoms with E-state index in [0.717, 1.165) is 0 Å². The molecular weight excluding hydrogens is 467 g/mol. The van der Waals surface area contributed by atoms with Gasteiger partial charge in [0.15, 0.2) is 27.1 Å². The molecule has 12 heteroatoms. The second-order valence-electron chi connectivity index (χ2n) is 6.63. The number of benzene rings is 1. The standard InChI is InChI=1S/C17H21Cl3N2O6S/c1-22(7-13(23)10-4-5-14(27-2)15(6-10)28-3)12-9-29(25,26)8-11(12)21-16(24)17(18,19)20/h4-6,11-12H,7-9H2,1-3H3,(H,21,24)/t11-,12+/m0/s1. The topological polar surface area (TPSA) is 102 Å². The fourth-order valence-electron chi connectivity index (χ4n) is 3.10. The SMILES string of the molecule is COc1ccc(C(=O)CN(C)[C@@H]2CS(=O)(=O)C[C@@H]2NC(=O)C(Cl)(Cl)Cl)cc1OC. The molecule has 0 bridgehead atoms. The van der Waals surface area contributed by atoms with Gasteiger partial charge < -0.3 is 14.8 Å². The Morgan fingerprint density at radius 2 is 1.79 bits per heavy atom. The summed E-state index contributed by atoms with van der Waals surface area (Å²) in [6, 6.07) is 3.27. The molecule has 0 unspecified atom stereocenters.